The van der Waals surface area contributed by atoms with Crippen molar-refractivity contribution in [2.75, 3.05) is 13.1 Å². The summed E-state index contributed by atoms with van der Waals surface area (Å²) in [6, 6.07) is 1.62. The summed E-state index contributed by atoms with van der Waals surface area (Å²) in [5.41, 5.74) is 0.735. The lowest BCUT2D eigenvalue weighted by Gasteiger charge is -2.31. The molecule has 102 valence electrons. The summed E-state index contributed by atoms with van der Waals surface area (Å²) in [4.78, 5) is 3.22. The van der Waals surface area contributed by atoms with Crippen LogP contribution in [0.5, 0.6) is 0 Å². The Kier molecular flexibility index (Phi) is 4.35. The van der Waals surface area contributed by atoms with Crippen LogP contribution < -0.4 is 0 Å². The molecule has 0 saturated carbocycles. The molecule has 4 nitrogen and oxygen atoms in total. The molecular weight excluding hydrogens is 272 g/mol. The van der Waals surface area contributed by atoms with Crippen LogP contribution in [0.2, 0.25) is 0 Å². The van der Waals surface area contributed by atoms with Crippen molar-refractivity contribution in [2.24, 2.45) is 5.92 Å². The van der Waals surface area contributed by atoms with Crippen molar-refractivity contribution in [3.63, 3.8) is 0 Å². The van der Waals surface area contributed by atoms with Crippen LogP contribution in [0.1, 0.15) is 31.9 Å². The fourth-order valence-electron chi connectivity index (χ4n) is 2.37. The van der Waals surface area contributed by atoms with Crippen molar-refractivity contribution >= 4 is 21.6 Å². The van der Waals surface area contributed by atoms with E-state index in [2.05, 4.69) is 11.9 Å². The number of rotatable bonds is 4. The fraction of sp³-hybridized carbons (Fsp3) is 0.667. The van der Waals surface area contributed by atoms with Crippen LogP contribution >= 0.6 is 11.6 Å². The minimum absolute atomic E-state index is 0.299. The maximum atomic E-state index is 12.4. The molecule has 1 N–H and O–H groups in total. The third-order valence-electron chi connectivity index (χ3n) is 3.56. The van der Waals surface area contributed by atoms with Crippen molar-refractivity contribution in [1.82, 2.24) is 9.29 Å². The van der Waals surface area contributed by atoms with E-state index in [4.69, 9.17) is 11.6 Å². The molecule has 1 aliphatic rings. The molecule has 18 heavy (non-hydrogen) atoms. The third kappa shape index (κ3) is 2.73. The molecule has 0 bridgehead atoms. The van der Waals surface area contributed by atoms with Gasteiger partial charge < -0.3 is 4.98 Å². The lowest BCUT2D eigenvalue weighted by Crippen LogP contribution is -2.39. The lowest BCUT2D eigenvalue weighted by molar-refractivity contribution is 0.261. The molecule has 1 unspecified atom stereocenters. The molecule has 0 radical (unpaired) electrons. The highest BCUT2D eigenvalue weighted by molar-refractivity contribution is 7.89. The largest absolute Gasteiger partial charge is 0.363 e. The number of hydrogen-bond acceptors (Lipinski definition) is 2. The Balaban J connectivity index is 2.19. The van der Waals surface area contributed by atoms with E-state index < -0.39 is 10.0 Å². The molecule has 0 spiro atoms. The summed E-state index contributed by atoms with van der Waals surface area (Å²) >= 11 is 5.68. The van der Waals surface area contributed by atoms with Gasteiger partial charge in [-0.2, -0.15) is 4.31 Å². The predicted octanol–water partition coefficient (Wildman–Crippen LogP) is 2.56. The first kappa shape index (κ1) is 13.9. The summed E-state index contributed by atoms with van der Waals surface area (Å²) in [6.45, 7) is 3.38. The number of H-pyrrole nitrogens is 1. The standard InChI is InChI=1S/C12H19ClN2O2S/c1-2-10-4-3-5-15(9-10)18(16,17)12-6-11(7-13)14-8-12/h6,8,10,14H,2-5,7,9H2,1H3. The fourth-order valence-corrected chi connectivity index (χ4v) is 4.10. The third-order valence-corrected chi connectivity index (χ3v) is 5.69. The van der Waals surface area contributed by atoms with Crippen molar-refractivity contribution in [2.45, 2.75) is 37.0 Å². The molecular formula is C12H19ClN2O2S. The normalized spacial score (nSPS) is 22.2. The average molecular weight is 291 g/mol. The van der Waals surface area contributed by atoms with Crippen LogP contribution in [0.4, 0.5) is 0 Å². The molecule has 0 aromatic carbocycles. The topological polar surface area (TPSA) is 53.2 Å². The SMILES string of the molecule is CCC1CCCN(S(=O)(=O)c2c[nH]c(CCl)c2)C1. The van der Waals surface area contributed by atoms with Gasteiger partial charge in [0.2, 0.25) is 10.0 Å². The number of halogens is 1. The number of sulfonamides is 1. The van der Waals surface area contributed by atoms with Gasteiger partial charge in [0.15, 0.2) is 0 Å². The summed E-state index contributed by atoms with van der Waals surface area (Å²) in [5, 5.41) is 0. The van der Waals surface area contributed by atoms with E-state index in [1.54, 1.807) is 10.4 Å². The number of alkyl halides is 1. The van der Waals surface area contributed by atoms with Gasteiger partial charge in [0.25, 0.3) is 0 Å². The second kappa shape index (κ2) is 5.63. The van der Waals surface area contributed by atoms with Gasteiger partial charge in [0.05, 0.1) is 10.8 Å². The molecule has 1 fully saturated rings. The molecule has 1 aliphatic heterocycles. The number of aromatic nitrogens is 1. The zero-order chi connectivity index (χ0) is 13.2. The van der Waals surface area contributed by atoms with E-state index in [1.165, 1.54) is 6.20 Å². The van der Waals surface area contributed by atoms with E-state index in [9.17, 15) is 8.42 Å². The first-order valence-corrected chi connectivity index (χ1v) is 8.28. The van der Waals surface area contributed by atoms with E-state index >= 15 is 0 Å². The summed E-state index contributed by atoms with van der Waals surface area (Å²) < 4.78 is 26.5. The van der Waals surface area contributed by atoms with Crippen LogP contribution in [0.3, 0.4) is 0 Å². The highest BCUT2D eigenvalue weighted by atomic mass is 35.5. The Morgan fingerprint density at radius 3 is 2.94 bits per heavy atom. The average Bonchev–Trinajstić information content (AvgIpc) is 2.88. The van der Waals surface area contributed by atoms with Gasteiger partial charge >= 0.3 is 0 Å². The van der Waals surface area contributed by atoms with E-state index in [1.807, 2.05) is 0 Å². The second-order valence-corrected chi connectivity index (χ2v) is 6.98. The highest BCUT2D eigenvalue weighted by Crippen LogP contribution is 2.25. The highest BCUT2D eigenvalue weighted by Gasteiger charge is 2.30. The van der Waals surface area contributed by atoms with Gasteiger partial charge in [-0.1, -0.05) is 13.3 Å². The number of nitrogens with zero attached hydrogens (tertiary/aromatic N) is 1. The minimum atomic E-state index is -3.35. The zero-order valence-corrected chi connectivity index (χ0v) is 12.1. The number of aromatic amines is 1. The van der Waals surface area contributed by atoms with Crippen molar-refractivity contribution in [3.05, 3.63) is 18.0 Å². The number of piperidine rings is 1. The Morgan fingerprint density at radius 2 is 2.33 bits per heavy atom. The zero-order valence-electron chi connectivity index (χ0n) is 10.5. The van der Waals surface area contributed by atoms with Crippen molar-refractivity contribution in [3.8, 4) is 0 Å². The van der Waals surface area contributed by atoms with Crippen LogP contribution in [-0.4, -0.2) is 30.8 Å². The van der Waals surface area contributed by atoms with Crippen LogP contribution in [0, 0.1) is 5.92 Å². The van der Waals surface area contributed by atoms with E-state index in [0.29, 0.717) is 29.8 Å². The molecule has 0 aliphatic carbocycles. The Morgan fingerprint density at radius 1 is 1.56 bits per heavy atom. The summed E-state index contributed by atoms with van der Waals surface area (Å²) in [5.74, 6) is 0.785. The molecule has 2 heterocycles. The monoisotopic (exact) mass is 290 g/mol. The van der Waals surface area contributed by atoms with Crippen molar-refractivity contribution < 1.29 is 8.42 Å². The van der Waals surface area contributed by atoms with Gasteiger partial charge in [0.1, 0.15) is 0 Å². The summed E-state index contributed by atoms with van der Waals surface area (Å²) in [7, 11) is -3.35. The Hall–Kier alpha value is -0.520. The first-order valence-electron chi connectivity index (χ1n) is 6.31. The van der Waals surface area contributed by atoms with E-state index in [0.717, 1.165) is 25.0 Å². The van der Waals surface area contributed by atoms with Crippen molar-refractivity contribution in [1.29, 1.82) is 0 Å². The van der Waals surface area contributed by atoms with Gasteiger partial charge in [-0.25, -0.2) is 8.42 Å². The molecule has 6 heteroatoms. The second-order valence-electron chi connectivity index (χ2n) is 4.77. The maximum Gasteiger partial charge on any atom is 0.244 e. The molecule has 1 aromatic rings. The van der Waals surface area contributed by atoms with Crippen LogP contribution in [0.15, 0.2) is 17.2 Å². The Bertz CT molecular complexity index is 498. The van der Waals surface area contributed by atoms with Gasteiger partial charge in [-0.05, 0) is 24.8 Å². The predicted molar refractivity (Wildman–Crippen MR) is 72.1 cm³/mol. The van der Waals surface area contributed by atoms with Gasteiger partial charge in [-0.3, -0.25) is 0 Å². The smallest absolute Gasteiger partial charge is 0.244 e. The van der Waals surface area contributed by atoms with Crippen LogP contribution in [-0.2, 0) is 15.9 Å². The first-order chi connectivity index (χ1) is 8.57. The van der Waals surface area contributed by atoms with Gasteiger partial charge in [-0.15, -0.1) is 11.6 Å². The molecule has 0 amide bonds. The number of nitrogens with one attached hydrogen (secondary N) is 1. The maximum absolute atomic E-state index is 12.4. The summed E-state index contributed by atoms with van der Waals surface area (Å²) in [6.07, 6.45) is 4.64. The van der Waals surface area contributed by atoms with E-state index in [-0.39, 0.29) is 0 Å². The van der Waals surface area contributed by atoms with Gasteiger partial charge in [0, 0.05) is 25.0 Å². The lowest BCUT2D eigenvalue weighted by atomic mass is 9.97. The molecule has 1 saturated heterocycles. The Labute approximate surface area is 113 Å². The molecule has 1 atom stereocenters. The number of hydrogen-bond donors (Lipinski definition) is 1. The molecule has 2 rings (SSSR count). The van der Waals surface area contributed by atoms with Crippen LogP contribution in [0.25, 0.3) is 0 Å². The minimum Gasteiger partial charge on any atom is -0.363 e. The quantitative estimate of drug-likeness (QED) is 0.867. The molecule has 1 aromatic heterocycles.